The SMILES string of the molecule is Cc1cccc(N(c2ccc(OCCOc3ccccc3C(=O)O)cc2)S(=O)O)c1. The summed E-state index contributed by atoms with van der Waals surface area (Å²) in [6, 6.07) is 20.5. The molecule has 0 saturated carbocycles. The molecule has 8 heteroatoms. The van der Waals surface area contributed by atoms with Gasteiger partial charge >= 0.3 is 5.97 Å². The highest BCUT2D eigenvalue weighted by molar-refractivity contribution is 7.81. The Morgan fingerprint density at radius 3 is 2.30 bits per heavy atom. The molecule has 3 aromatic rings. The second-order valence-corrected chi connectivity index (χ2v) is 7.18. The molecule has 1 unspecified atom stereocenters. The normalized spacial score (nSPS) is 11.5. The summed E-state index contributed by atoms with van der Waals surface area (Å²) in [4.78, 5) is 11.2. The van der Waals surface area contributed by atoms with Crippen LogP contribution in [0.5, 0.6) is 11.5 Å². The van der Waals surface area contributed by atoms with Gasteiger partial charge in [-0.2, -0.15) is 0 Å². The van der Waals surface area contributed by atoms with Crippen LogP contribution in [0.2, 0.25) is 0 Å². The molecule has 0 bridgehead atoms. The maximum absolute atomic E-state index is 11.9. The molecule has 0 radical (unpaired) electrons. The van der Waals surface area contributed by atoms with E-state index in [4.69, 9.17) is 14.6 Å². The number of carbonyl (C=O) groups is 1. The largest absolute Gasteiger partial charge is 0.490 e. The molecule has 0 heterocycles. The molecule has 7 nitrogen and oxygen atoms in total. The van der Waals surface area contributed by atoms with Crippen molar-refractivity contribution >= 4 is 28.6 Å². The predicted molar refractivity (Wildman–Crippen MR) is 115 cm³/mol. The number of rotatable bonds is 9. The summed E-state index contributed by atoms with van der Waals surface area (Å²) in [5.74, 6) is -0.216. The second-order valence-electron chi connectivity index (χ2n) is 6.36. The lowest BCUT2D eigenvalue weighted by Gasteiger charge is -2.20. The van der Waals surface area contributed by atoms with Gasteiger partial charge < -0.3 is 14.6 Å². The van der Waals surface area contributed by atoms with Gasteiger partial charge in [-0.1, -0.05) is 24.3 Å². The van der Waals surface area contributed by atoms with Crippen molar-refractivity contribution < 1.29 is 28.1 Å². The summed E-state index contributed by atoms with van der Waals surface area (Å²) < 4.78 is 34.0. The Morgan fingerprint density at radius 2 is 1.63 bits per heavy atom. The third-order valence-corrected chi connectivity index (χ3v) is 4.92. The molecule has 2 N–H and O–H groups in total. The Bertz CT molecular complexity index is 1040. The first-order valence-electron chi connectivity index (χ1n) is 9.11. The summed E-state index contributed by atoms with van der Waals surface area (Å²) in [6.45, 7) is 2.29. The molecule has 0 saturated heterocycles. The molecule has 0 spiro atoms. The van der Waals surface area contributed by atoms with Crippen molar-refractivity contribution in [3.05, 3.63) is 83.9 Å². The van der Waals surface area contributed by atoms with Gasteiger partial charge in [0, 0.05) is 0 Å². The lowest BCUT2D eigenvalue weighted by molar-refractivity contribution is 0.0691. The number of aromatic carboxylic acids is 1. The first-order valence-corrected chi connectivity index (χ1v) is 10.2. The Kier molecular flexibility index (Phi) is 7.05. The monoisotopic (exact) mass is 427 g/mol. The topological polar surface area (TPSA) is 96.3 Å². The van der Waals surface area contributed by atoms with E-state index in [1.807, 2.05) is 25.1 Å². The molecule has 0 aliphatic carbocycles. The molecule has 0 amide bonds. The fourth-order valence-electron chi connectivity index (χ4n) is 2.84. The van der Waals surface area contributed by atoms with E-state index in [1.165, 1.54) is 10.4 Å². The summed E-state index contributed by atoms with van der Waals surface area (Å²) in [6.07, 6.45) is 0. The average Bonchev–Trinajstić information content (AvgIpc) is 2.72. The zero-order valence-corrected chi connectivity index (χ0v) is 17.0. The molecule has 1 atom stereocenters. The highest BCUT2D eigenvalue weighted by atomic mass is 32.2. The van der Waals surface area contributed by atoms with Crippen LogP contribution in [0.4, 0.5) is 11.4 Å². The highest BCUT2D eigenvalue weighted by Gasteiger charge is 2.15. The number of para-hydroxylation sites is 1. The number of hydrogen-bond acceptors (Lipinski definition) is 4. The molecule has 0 aromatic heterocycles. The van der Waals surface area contributed by atoms with Crippen LogP contribution in [0, 0.1) is 6.92 Å². The number of ether oxygens (including phenoxy) is 2. The van der Waals surface area contributed by atoms with Crippen LogP contribution in [0.3, 0.4) is 0 Å². The number of carboxylic acids is 1. The smallest absolute Gasteiger partial charge is 0.339 e. The van der Waals surface area contributed by atoms with E-state index in [2.05, 4.69) is 0 Å². The van der Waals surface area contributed by atoms with Crippen LogP contribution < -0.4 is 13.8 Å². The van der Waals surface area contributed by atoms with Gasteiger partial charge in [0.25, 0.3) is 11.3 Å². The van der Waals surface area contributed by atoms with Crippen molar-refractivity contribution in [2.24, 2.45) is 0 Å². The fraction of sp³-hybridized carbons (Fsp3) is 0.136. The molecular formula is C22H21NO6S. The molecule has 0 aliphatic rings. The summed E-state index contributed by atoms with van der Waals surface area (Å²) in [5.41, 5.74) is 2.22. The quantitative estimate of drug-likeness (QED) is 0.387. The van der Waals surface area contributed by atoms with Crippen molar-refractivity contribution in [2.75, 3.05) is 17.5 Å². The van der Waals surface area contributed by atoms with Crippen LogP contribution in [0.15, 0.2) is 72.8 Å². The van der Waals surface area contributed by atoms with Crippen LogP contribution >= 0.6 is 0 Å². The average molecular weight is 427 g/mol. The minimum atomic E-state index is -2.23. The van der Waals surface area contributed by atoms with Crippen molar-refractivity contribution in [1.82, 2.24) is 0 Å². The summed E-state index contributed by atoms with van der Waals surface area (Å²) in [5, 5.41) is 9.15. The minimum absolute atomic E-state index is 0.0927. The van der Waals surface area contributed by atoms with E-state index < -0.39 is 17.2 Å². The maximum atomic E-state index is 11.9. The number of hydrogen-bond donors (Lipinski definition) is 2. The van der Waals surface area contributed by atoms with Crippen LogP contribution in [0.1, 0.15) is 15.9 Å². The van der Waals surface area contributed by atoms with Crippen LogP contribution in [-0.4, -0.2) is 33.1 Å². The molecule has 0 fully saturated rings. The molecule has 0 aliphatic heterocycles. The lowest BCUT2D eigenvalue weighted by Crippen LogP contribution is -2.19. The Morgan fingerprint density at radius 1 is 0.933 bits per heavy atom. The van der Waals surface area contributed by atoms with E-state index in [0.717, 1.165) is 5.56 Å². The van der Waals surface area contributed by atoms with Gasteiger partial charge in [0.2, 0.25) is 0 Å². The zero-order valence-electron chi connectivity index (χ0n) is 16.2. The Labute approximate surface area is 176 Å². The van der Waals surface area contributed by atoms with Crippen molar-refractivity contribution in [2.45, 2.75) is 6.92 Å². The fourth-order valence-corrected chi connectivity index (χ4v) is 3.44. The number of nitrogens with zero attached hydrogens (tertiary/aromatic N) is 1. The molecule has 156 valence electrons. The van der Waals surface area contributed by atoms with Crippen molar-refractivity contribution in [3.8, 4) is 11.5 Å². The molecule has 30 heavy (non-hydrogen) atoms. The standard InChI is InChI=1S/C22H21NO6S/c1-16-5-4-6-18(15-16)23(30(26)27)17-9-11-19(12-10-17)28-13-14-29-21-8-3-2-7-20(21)22(24)25/h2-12,15H,13-14H2,1H3,(H,24,25)(H,26,27). The van der Waals surface area contributed by atoms with E-state index in [9.17, 15) is 13.6 Å². The van der Waals surface area contributed by atoms with E-state index in [1.54, 1.807) is 48.5 Å². The highest BCUT2D eigenvalue weighted by Crippen LogP contribution is 2.29. The zero-order chi connectivity index (χ0) is 21.5. The van der Waals surface area contributed by atoms with Gasteiger partial charge in [-0.15, -0.1) is 0 Å². The number of benzene rings is 3. The lowest BCUT2D eigenvalue weighted by atomic mass is 10.2. The summed E-state index contributed by atoms with van der Waals surface area (Å²) in [7, 11) is 0. The van der Waals surface area contributed by atoms with Gasteiger partial charge in [-0.05, 0) is 61.0 Å². The third kappa shape index (κ3) is 5.37. The van der Waals surface area contributed by atoms with Gasteiger partial charge in [0.15, 0.2) is 0 Å². The molecular weight excluding hydrogens is 406 g/mol. The van der Waals surface area contributed by atoms with Gasteiger partial charge in [-0.3, -0.25) is 4.55 Å². The van der Waals surface area contributed by atoms with Gasteiger partial charge in [0.1, 0.15) is 30.3 Å². The van der Waals surface area contributed by atoms with E-state index in [0.29, 0.717) is 17.1 Å². The van der Waals surface area contributed by atoms with Crippen molar-refractivity contribution in [1.29, 1.82) is 0 Å². The van der Waals surface area contributed by atoms with E-state index >= 15 is 0 Å². The maximum Gasteiger partial charge on any atom is 0.339 e. The predicted octanol–water partition coefficient (Wildman–Crippen LogP) is 4.43. The third-order valence-electron chi connectivity index (χ3n) is 4.19. The number of anilines is 2. The van der Waals surface area contributed by atoms with Crippen LogP contribution in [0.25, 0.3) is 0 Å². The Hall–Kier alpha value is -3.36. The Balaban J connectivity index is 1.60. The van der Waals surface area contributed by atoms with Gasteiger partial charge in [0.05, 0.1) is 11.4 Å². The van der Waals surface area contributed by atoms with Crippen molar-refractivity contribution in [3.63, 3.8) is 0 Å². The van der Waals surface area contributed by atoms with Crippen LogP contribution in [-0.2, 0) is 11.3 Å². The molecule has 3 aromatic carbocycles. The summed E-state index contributed by atoms with van der Waals surface area (Å²) >= 11 is -2.23. The van der Waals surface area contributed by atoms with E-state index in [-0.39, 0.29) is 24.5 Å². The number of carboxylic acid groups (broad SMARTS) is 1. The van der Waals surface area contributed by atoms with Gasteiger partial charge in [-0.25, -0.2) is 13.3 Å². The first-order chi connectivity index (χ1) is 14.5. The molecule has 3 rings (SSSR count). The number of aryl methyl sites for hydroxylation is 1. The second kappa shape index (κ2) is 9.91. The first kappa shape index (κ1) is 21.4. The minimum Gasteiger partial charge on any atom is -0.490 e.